The van der Waals surface area contributed by atoms with Crippen LogP contribution in [0.15, 0.2) is 24.3 Å². The topological polar surface area (TPSA) is 61.8 Å². The number of rotatable bonds is 4. The molecule has 0 aromatic heterocycles. The van der Waals surface area contributed by atoms with Gasteiger partial charge in [0.15, 0.2) is 0 Å². The number of hydrogen-bond donors (Lipinski definition) is 2. The van der Waals surface area contributed by atoms with Gasteiger partial charge < -0.3 is 20.1 Å². The number of piperidine rings is 1. The first-order chi connectivity index (χ1) is 11.2. The van der Waals surface area contributed by atoms with E-state index in [0.29, 0.717) is 44.0 Å². The lowest BCUT2D eigenvalue weighted by Crippen LogP contribution is -2.51. The number of carbonyl (C=O) groups is 1. The molecule has 2 N–H and O–H groups in total. The number of carbonyl (C=O) groups excluding carboxylic acids is 1. The van der Waals surface area contributed by atoms with Gasteiger partial charge in [-0.2, -0.15) is 0 Å². The van der Waals surface area contributed by atoms with Gasteiger partial charge in [0.25, 0.3) is 0 Å². The lowest BCUT2D eigenvalue weighted by molar-refractivity contribution is -0.0310. The van der Waals surface area contributed by atoms with Crippen LogP contribution in [0.2, 0.25) is 5.02 Å². The molecule has 1 amide bonds. The van der Waals surface area contributed by atoms with Crippen molar-refractivity contribution in [1.29, 1.82) is 0 Å². The fourth-order valence-electron chi connectivity index (χ4n) is 2.65. The highest BCUT2D eigenvalue weighted by Gasteiger charge is 2.35. The maximum Gasteiger partial charge on any atom is 0.410 e. The van der Waals surface area contributed by atoms with E-state index < -0.39 is 11.2 Å². The van der Waals surface area contributed by atoms with E-state index in [-0.39, 0.29) is 6.09 Å². The minimum absolute atomic E-state index is 0.307. The molecule has 1 aliphatic rings. The minimum Gasteiger partial charge on any atom is -0.444 e. The van der Waals surface area contributed by atoms with Crippen LogP contribution in [0.1, 0.15) is 39.2 Å². The number of likely N-dealkylation sites (tertiary alicyclic amines) is 1. The monoisotopic (exact) mass is 354 g/mol. The van der Waals surface area contributed by atoms with Gasteiger partial charge in [-0.1, -0.05) is 23.7 Å². The zero-order chi connectivity index (χ0) is 17.8. The fraction of sp³-hybridized carbons (Fsp3) is 0.611. The average Bonchev–Trinajstić information content (AvgIpc) is 2.48. The Morgan fingerprint density at radius 2 is 1.88 bits per heavy atom. The summed E-state index contributed by atoms with van der Waals surface area (Å²) in [5.41, 5.74) is -0.162. The van der Waals surface area contributed by atoms with E-state index in [1.54, 1.807) is 4.90 Å². The Kier molecular flexibility index (Phi) is 6.12. The molecule has 0 atom stereocenters. The van der Waals surface area contributed by atoms with Crippen molar-refractivity contribution in [2.24, 2.45) is 0 Å². The molecule has 1 aromatic carbocycles. The summed E-state index contributed by atoms with van der Waals surface area (Å²) in [5.74, 6) is 0. The van der Waals surface area contributed by atoms with Gasteiger partial charge in [-0.05, 0) is 51.3 Å². The van der Waals surface area contributed by atoms with Crippen molar-refractivity contribution in [1.82, 2.24) is 10.2 Å². The molecule has 0 saturated carbocycles. The van der Waals surface area contributed by atoms with E-state index in [9.17, 15) is 9.90 Å². The molecule has 1 heterocycles. The number of hydrogen-bond acceptors (Lipinski definition) is 4. The van der Waals surface area contributed by atoms with E-state index in [1.807, 2.05) is 45.0 Å². The van der Waals surface area contributed by atoms with Gasteiger partial charge in [-0.25, -0.2) is 4.79 Å². The molecule has 0 spiro atoms. The van der Waals surface area contributed by atoms with Crippen LogP contribution in [0.4, 0.5) is 4.79 Å². The lowest BCUT2D eigenvalue weighted by atomic mass is 9.91. The molecule has 5 nitrogen and oxygen atoms in total. The molecule has 0 unspecified atom stereocenters. The zero-order valence-electron chi connectivity index (χ0n) is 14.6. The van der Waals surface area contributed by atoms with Crippen LogP contribution in [0, 0.1) is 0 Å². The smallest absolute Gasteiger partial charge is 0.410 e. The molecule has 134 valence electrons. The summed E-state index contributed by atoms with van der Waals surface area (Å²) in [6.45, 7) is 7.75. The summed E-state index contributed by atoms with van der Waals surface area (Å²) in [6, 6.07) is 7.63. The van der Waals surface area contributed by atoms with Crippen LogP contribution in [0.5, 0.6) is 0 Å². The van der Waals surface area contributed by atoms with Crippen molar-refractivity contribution in [3.8, 4) is 0 Å². The van der Waals surface area contributed by atoms with Gasteiger partial charge in [0.1, 0.15) is 5.60 Å². The maximum atomic E-state index is 12.0. The summed E-state index contributed by atoms with van der Waals surface area (Å²) in [4.78, 5) is 13.7. The highest BCUT2D eigenvalue weighted by molar-refractivity contribution is 6.30. The number of aliphatic hydroxyl groups is 1. The third kappa shape index (κ3) is 5.96. The molecular formula is C18H27ClN2O3. The summed E-state index contributed by atoms with van der Waals surface area (Å²) in [7, 11) is 0. The normalized spacial score (nSPS) is 17.6. The number of ether oxygens (including phenoxy) is 1. The first-order valence-corrected chi connectivity index (χ1v) is 8.70. The van der Waals surface area contributed by atoms with Crippen LogP contribution in [-0.4, -0.2) is 46.9 Å². The van der Waals surface area contributed by atoms with Crippen molar-refractivity contribution in [3.63, 3.8) is 0 Å². The van der Waals surface area contributed by atoms with E-state index in [1.165, 1.54) is 0 Å². The molecule has 6 heteroatoms. The molecule has 24 heavy (non-hydrogen) atoms. The Balaban J connectivity index is 1.75. The predicted octanol–water partition coefficient (Wildman–Crippen LogP) is 3.19. The van der Waals surface area contributed by atoms with Gasteiger partial charge in [-0.15, -0.1) is 0 Å². The van der Waals surface area contributed by atoms with Crippen LogP contribution in [0.25, 0.3) is 0 Å². The zero-order valence-corrected chi connectivity index (χ0v) is 15.4. The van der Waals surface area contributed by atoms with E-state index in [2.05, 4.69) is 5.32 Å². The molecule has 1 saturated heterocycles. The third-order valence-corrected chi connectivity index (χ3v) is 4.29. The van der Waals surface area contributed by atoms with E-state index in [4.69, 9.17) is 16.3 Å². The Morgan fingerprint density at radius 1 is 1.29 bits per heavy atom. The standard InChI is InChI=1S/C18H27ClN2O3/c1-17(2,3)24-16(22)21-10-8-18(23,9-11-21)13-20-12-14-4-6-15(19)7-5-14/h4-7,20,23H,8-13H2,1-3H3. The van der Waals surface area contributed by atoms with Gasteiger partial charge in [0, 0.05) is 31.2 Å². The number of nitrogens with one attached hydrogen (secondary N) is 1. The second kappa shape index (κ2) is 7.72. The Morgan fingerprint density at radius 3 is 2.42 bits per heavy atom. The lowest BCUT2D eigenvalue weighted by Gasteiger charge is -2.38. The third-order valence-electron chi connectivity index (χ3n) is 4.04. The van der Waals surface area contributed by atoms with Gasteiger partial charge in [0.05, 0.1) is 5.60 Å². The van der Waals surface area contributed by atoms with Gasteiger partial charge in [0.2, 0.25) is 0 Å². The largest absolute Gasteiger partial charge is 0.444 e. The molecule has 2 rings (SSSR count). The summed E-state index contributed by atoms with van der Waals surface area (Å²) < 4.78 is 5.37. The number of halogens is 1. The molecular weight excluding hydrogens is 328 g/mol. The molecule has 0 radical (unpaired) electrons. The van der Waals surface area contributed by atoms with E-state index >= 15 is 0 Å². The predicted molar refractivity (Wildman–Crippen MR) is 95.1 cm³/mol. The van der Waals surface area contributed by atoms with Crippen molar-refractivity contribution in [3.05, 3.63) is 34.9 Å². The number of benzene rings is 1. The SMILES string of the molecule is CC(C)(C)OC(=O)N1CCC(O)(CNCc2ccc(Cl)cc2)CC1. The Bertz CT molecular complexity index is 546. The summed E-state index contributed by atoms with van der Waals surface area (Å²) in [5, 5.41) is 14.7. The van der Waals surface area contributed by atoms with Crippen molar-refractivity contribution < 1.29 is 14.6 Å². The highest BCUT2D eigenvalue weighted by Crippen LogP contribution is 2.23. The first kappa shape index (κ1) is 19.0. The van der Waals surface area contributed by atoms with Gasteiger partial charge in [-0.3, -0.25) is 0 Å². The van der Waals surface area contributed by atoms with Crippen molar-refractivity contribution >= 4 is 17.7 Å². The Hall–Kier alpha value is -1.30. The summed E-state index contributed by atoms with van der Waals surface area (Å²) >= 11 is 5.87. The number of amides is 1. The van der Waals surface area contributed by atoms with Crippen LogP contribution in [-0.2, 0) is 11.3 Å². The van der Waals surface area contributed by atoms with Crippen LogP contribution in [0.3, 0.4) is 0 Å². The molecule has 0 aliphatic carbocycles. The second-order valence-corrected chi connectivity index (χ2v) is 7.86. The molecule has 1 fully saturated rings. The number of nitrogens with zero attached hydrogens (tertiary/aromatic N) is 1. The van der Waals surface area contributed by atoms with E-state index in [0.717, 1.165) is 5.56 Å². The van der Waals surface area contributed by atoms with Crippen molar-refractivity contribution in [2.45, 2.75) is 51.4 Å². The molecule has 1 aromatic rings. The highest BCUT2D eigenvalue weighted by atomic mass is 35.5. The minimum atomic E-state index is -0.787. The Labute approximate surface area is 148 Å². The second-order valence-electron chi connectivity index (χ2n) is 7.42. The first-order valence-electron chi connectivity index (χ1n) is 8.32. The van der Waals surface area contributed by atoms with Crippen molar-refractivity contribution in [2.75, 3.05) is 19.6 Å². The average molecular weight is 355 g/mol. The van der Waals surface area contributed by atoms with Gasteiger partial charge >= 0.3 is 6.09 Å². The molecule has 1 aliphatic heterocycles. The fourth-order valence-corrected chi connectivity index (χ4v) is 2.78. The molecule has 0 bridgehead atoms. The maximum absolute atomic E-state index is 12.0. The van der Waals surface area contributed by atoms with Crippen LogP contribution >= 0.6 is 11.6 Å². The quantitative estimate of drug-likeness (QED) is 0.871. The summed E-state index contributed by atoms with van der Waals surface area (Å²) in [6.07, 6.45) is 0.776. The van der Waals surface area contributed by atoms with Crippen LogP contribution < -0.4 is 5.32 Å².